The molecule has 0 aliphatic rings. The van der Waals surface area contributed by atoms with Crippen molar-refractivity contribution in [3.8, 4) is 5.75 Å². The fourth-order valence-electron chi connectivity index (χ4n) is 1.97. The number of rotatable bonds is 4. The van der Waals surface area contributed by atoms with Crippen LogP contribution in [-0.2, 0) is 12.7 Å². The van der Waals surface area contributed by atoms with E-state index in [1.807, 2.05) is 0 Å². The smallest absolute Gasteiger partial charge is 0.417 e. The molecule has 0 atom stereocenters. The number of hydrogen-bond acceptors (Lipinski definition) is 3. The standard InChI is InChI=1S/C16H12ClF3N2O4/c17-13-5-4-10(7-12(13)16(18,19)20)22-15(25)26-11-3-1-2-9(6-11)8-21-14(23)24/h1-7,21H,8H2,(H,22,25)(H,23,24). The molecule has 3 N–H and O–H groups in total. The third-order valence-electron chi connectivity index (χ3n) is 3.07. The monoisotopic (exact) mass is 388 g/mol. The number of alkyl halides is 3. The number of carbonyl (C=O) groups is 2. The van der Waals surface area contributed by atoms with E-state index in [1.54, 1.807) is 6.07 Å². The Bertz CT molecular complexity index is 827. The maximum Gasteiger partial charge on any atom is 0.417 e. The second-order valence-electron chi connectivity index (χ2n) is 5.01. The number of hydrogen-bond donors (Lipinski definition) is 3. The van der Waals surface area contributed by atoms with Crippen molar-refractivity contribution in [1.29, 1.82) is 0 Å². The SMILES string of the molecule is O=C(O)NCc1cccc(OC(=O)Nc2ccc(Cl)c(C(F)(F)F)c2)c1. The first-order chi connectivity index (χ1) is 12.1. The van der Waals surface area contributed by atoms with Crippen LogP contribution < -0.4 is 15.4 Å². The molecule has 2 aromatic rings. The van der Waals surface area contributed by atoms with Gasteiger partial charge in [0.2, 0.25) is 0 Å². The van der Waals surface area contributed by atoms with Gasteiger partial charge in [0.05, 0.1) is 10.6 Å². The van der Waals surface area contributed by atoms with Gasteiger partial charge in [-0.2, -0.15) is 13.2 Å². The minimum atomic E-state index is -4.66. The highest BCUT2D eigenvalue weighted by Crippen LogP contribution is 2.36. The predicted molar refractivity (Wildman–Crippen MR) is 87.4 cm³/mol. The van der Waals surface area contributed by atoms with Crippen LogP contribution in [0.15, 0.2) is 42.5 Å². The molecule has 2 amide bonds. The van der Waals surface area contributed by atoms with Crippen LogP contribution in [0.1, 0.15) is 11.1 Å². The lowest BCUT2D eigenvalue weighted by Crippen LogP contribution is -2.20. The van der Waals surface area contributed by atoms with E-state index in [0.29, 0.717) is 11.6 Å². The van der Waals surface area contributed by atoms with Gasteiger partial charge in [-0.25, -0.2) is 9.59 Å². The normalized spacial score (nSPS) is 10.9. The van der Waals surface area contributed by atoms with Crippen LogP contribution in [0, 0.1) is 0 Å². The number of anilines is 1. The Kier molecular flexibility index (Phi) is 5.93. The average molecular weight is 389 g/mol. The molecule has 0 bridgehead atoms. The highest BCUT2D eigenvalue weighted by atomic mass is 35.5. The molecule has 10 heteroatoms. The van der Waals surface area contributed by atoms with E-state index < -0.39 is 28.9 Å². The zero-order valence-corrected chi connectivity index (χ0v) is 13.7. The molecule has 0 aliphatic heterocycles. The van der Waals surface area contributed by atoms with Crippen LogP contribution >= 0.6 is 11.6 Å². The molecule has 0 spiro atoms. The lowest BCUT2D eigenvalue weighted by Gasteiger charge is -2.12. The summed E-state index contributed by atoms with van der Waals surface area (Å²) in [6, 6.07) is 8.90. The molecule has 2 rings (SSSR count). The quantitative estimate of drug-likeness (QED) is 0.706. The Balaban J connectivity index is 2.05. The van der Waals surface area contributed by atoms with Gasteiger partial charge in [-0.1, -0.05) is 23.7 Å². The second-order valence-corrected chi connectivity index (χ2v) is 5.42. The predicted octanol–water partition coefficient (Wildman–Crippen LogP) is 4.74. The molecule has 0 radical (unpaired) electrons. The molecule has 0 saturated heterocycles. The van der Waals surface area contributed by atoms with Crippen LogP contribution in [0.25, 0.3) is 0 Å². The minimum Gasteiger partial charge on any atom is -0.465 e. The summed E-state index contributed by atoms with van der Waals surface area (Å²) < 4.78 is 43.4. The molecular weight excluding hydrogens is 377 g/mol. The molecule has 0 saturated carbocycles. The van der Waals surface area contributed by atoms with Crippen molar-refractivity contribution < 1.29 is 32.6 Å². The van der Waals surface area contributed by atoms with Gasteiger partial charge in [0.25, 0.3) is 0 Å². The Labute approximate surface area is 150 Å². The minimum absolute atomic E-state index is 0.000277. The number of halogens is 4. The van der Waals surface area contributed by atoms with E-state index >= 15 is 0 Å². The lowest BCUT2D eigenvalue weighted by molar-refractivity contribution is -0.137. The highest BCUT2D eigenvalue weighted by molar-refractivity contribution is 6.31. The van der Waals surface area contributed by atoms with E-state index in [9.17, 15) is 22.8 Å². The first-order valence-electron chi connectivity index (χ1n) is 7.06. The van der Waals surface area contributed by atoms with Crippen LogP contribution in [0.2, 0.25) is 5.02 Å². The van der Waals surface area contributed by atoms with Crippen molar-refractivity contribution in [2.24, 2.45) is 0 Å². The molecule has 2 aromatic carbocycles. The maximum absolute atomic E-state index is 12.8. The van der Waals surface area contributed by atoms with Crippen molar-refractivity contribution >= 4 is 29.5 Å². The summed E-state index contributed by atoms with van der Waals surface area (Å²) >= 11 is 5.50. The summed E-state index contributed by atoms with van der Waals surface area (Å²) in [6.07, 6.45) is -6.88. The first kappa shape index (κ1) is 19.4. The number of carboxylic acid groups (broad SMARTS) is 1. The summed E-state index contributed by atoms with van der Waals surface area (Å²) in [6.45, 7) is 0.000277. The van der Waals surface area contributed by atoms with Gasteiger partial charge in [-0.05, 0) is 35.9 Å². The Morgan fingerprint density at radius 2 is 1.88 bits per heavy atom. The number of nitrogens with one attached hydrogen (secondary N) is 2. The number of ether oxygens (including phenoxy) is 1. The van der Waals surface area contributed by atoms with E-state index in [0.717, 1.165) is 6.07 Å². The van der Waals surface area contributed by atoms with Crippen LogP contribution in [0.4, 0.5) is 28.4 Å². The number of benzene rings is 2. The fraction of sp³-hybridized carbons (Fsp3) is 0.125. The van der Waals surface area contributed by atoms with Crippen LogP contribution in [0.3, 0.4) is 0 Å². The number of carbonyl (C=O) groups excluding carboxylic acids is 1. The molecule has 0 unspecified atom stereocenters. The first-order valence-corrected chi connectivity index (χ1v) is 7.44. The summed E-state index contributed by atoms with van der Waals surface area (Å²) in [4.78, 5) is 22.3. The van der Waals surface area contributed by atoms with E-state index in [2.05, 4.69) is 10.6 Å². The molecule has 138 valence electrons. The van der Waals surface area contributed by atoms with E-state index in [1.165, 1.54) is 24.3 Å². The Morgan fingerprint density at radius 3 is 2.54 bits per heavy atom. The lowest BCUT2D eigenvalue weighted by atomic mass is 10.2. The third-order valence-corrected chi connectivity index (χ3v) is 3.40. The third kappa shape index (κ3) is 5.55. The van der Waals surface area contributed by atoms with Crippen molar-refractivity contribution in [2.75, 3.05) is 5.32 Å². The van der Waals surface area contributed by atoms with Gasteiger partial charge >= 0.3 is 18.4 Å². The zero-order chi connectivity index (χ0) is 19.3. The topological polar surface area (TPSA) is 87.7 Å². The van der Waals surface area contributed by atoms with Crippen molar-refractivity contribution in [3.05, 3.63) is 58.6 Å². The van der Waals surface area contributed by atoms with Gasteiger partial charge < -0.3 is 15.2 Å². The summed E-state index contributed by atoms with van der Waals surface area (Å²) in [5.74, 6) is 0.0946. The van der Waals surface area contributed by atoms with Gasteiger partial charge in [-0.3, -0.25) is 5.32 Å². The van der Waals surface area contributed by atoms with Crippen molar-refractivity contribution in [2.45, 2.75) is 12.7 Å². The number of amides is 2. The molecule has 0 fully saturated rings. The van der Waals surface area contributed by atoms with Gasteiger partial charge in [0, 0.05) is 12.2 Å². The van der Waals surface area contributed by atoms with E-state index in [4.69, 9.17) is 21.4 Å². The van der Waals surface area contributed by atoms with Crippen molar-refractivity contribution in [1.82, 2.24) is 5.32 Å². The molecule has 26 heavy (non-hydrogen) atoms. The molecule has 0 heterocycles. The average Bonchev–Trinajstić information content (AvgIpc) is 2.54. The van der Waals surface area contributed by atoms with Gasteiger partial charge in [0.15, 0.2) is 0 Å². The van der Waals surface area contributed by atoms with Gasteiger partial charge in [-0.15, -0.1) is 0 Å². The van der Waals surface area contributed by atoms with Gasteiger partial charge in [0.1, 0.15) is 5.75 Å². The molecule has 6 nitrogen and oxygen atoms in total. The fourth-order valence-corrected chi connectivity index (χ4v) is 2.19. The summed E-state index contributed by atoms with van der Waals surface area (Å²) in [7, 11) is 0. The Hall–Kier alpha value is -2.94. The summed E-state index contributed by atoms with van der Waals surface area (Å²) in [5.41, 5.74) is -0.697. The molecule has 0 aromatic heterocycles. The van der Waals surface area contributed by atoms with Crippen LogP contribution in [0.5, 0.6) is 5.75 Å². The highest BCUT2D eigenvalue weighted by Gasteiger charge is 2.33. The van der Waals surface area contributed by atoms with E-state index in [-0.39, 0.29) is 18.0 Å². The largest absolute Gasteiger partial charge is 0.465 e. The van der Waals surface area contributed by atoms with Crippen molar-refractivity contribution in [3.63, 3.8) is 0 Å². The molecular formula is C16H12ClF3N2O4. The van der Waals surface area contributed by atoms with Crippen LogP contribution in [-0.4, -0.2) is 17.3 Å². The molecule has 0 aliphatic carbocycles. The second kappa shape index (κ2) is 7.96. The zero-order valence-electron chi connectivity index (χ0n) is 12.9. The summed E-state index contributed by atoms with van der Waals surface area (Å²) in [5, 5.41) is 12.4. The maximum atomic E-state index is 12.8. The Morgan fingerprint density at radius 1 is 1.15 bits per heavy atom.